The van der Waals surface area contributed by atoms with Crippen LogP contribution in [0.3, 0.4) is 0 Å². The van der Waals surface area contributed by atoms with E-state index >= 15 is 0 Å². The summed E-state index contributed by atoms with van der Waals surface area (Å²) in [5.41, 5.74) is 2.75. The molecule has 0 saturated heterocycles. The van der Waals surface area contributed by atoms with Crippen molar-refractivity contribution < 1.29 is 9.53 Å². The minimum absolute atomic E-state index is 0.0294. The highest BCUT2D eigenvalue weighted by Gasteiger charge is 2.55. The Balaban J connectivity index is 1.36. The molecule has 1 amide bonds. The number of allylic oxidation sites excluding steroid dienone is 3. The number of hydrogen-bond donors (Lipinski definition) is 0. The molecular weight excluding hydrogens is 310 g/mol. The van der Waals surface area contributed by atoms with Crippen molar-refractivity contribution in [3.05, 3.63) is 23.4 Å². The van der Waals surface area contributed by atoms with Gasteiger partial charge < -0.3 is 4.74 Å². The molecule has 2 unspecified atom stereocenters. The van der Waals surface area contributed by atoms with E-state index in [1.165, 1.54) is 44.2 Å². The average molecular weight is 341 g/mol. The lowest BCUT2D eigenvalue weighted by Crippen LogP contribution is -2.55. The monoisotopic (exact) mass is 341 g/mol. The largest absolute Gasteiger partial charge is 0.442 e. The van der Waals surface area contributed by atoms with E-state index in [-0.39, 0.29) is 11.7 Å². The third-order valence-corrected chi connectivity index (χ3v) is 7.48. The molecule has 0 aromatic carbocycles. The Morgan fingerprint density at radius 2 is 1.84 bits per heavy atom. The third kappa shape index (κ3) is 2.74. The van der Waals surface area contributed by atoms with E-state index in [2.05, 4.69) is 17.1 Å². The summed E-state index contributed by atoms with van der Waals surface area (Å²) in [6, 6.07) is 0.370. The van der Waals surface area contributed by atoms with Crippen molar-refractivity contribution in [3.8, 4) is 0 Å². The molecule has 0 N–H and O–H groups in total. The lowest BCUT2D eigenvalue weighted by Gasteiger charge is -2.57. The standard InChI is InChI=1S/C22H31NO2/c24-21(25-22-12-11-20-16(14-22)13-17(20)15-22)23(18-7-3-1-4-8-18)19-9-5-2-6-10-19/h7,11,16-17,19H,1-6,8-10,12-15H2/t16-,17?,22?/m0/s1. The minimum atomic E-state index is -0.186. The number of rotatable bonds is 3. The second-order valence-electron chi connectivity index (χ2n) is 9.10. The van der Waals surface area contributed by atoms with Crippen LogP contribution >= 0.6 is 0 Å². The second kappa shape index (κ2) is 6.17. The van der Waals surface area contributed by atoms with Crippen molar-refractivity contribution in [2.24, 2.45) is 11.8 Å². The highest BCUT2D eigenvalue weighted by atomic mass is 16.6. The second-order valence-corrected chi connectivity index (χ2v) is 9.10. The summed E-state index contributed by atoms with van der Waals surface area (Å²) < 4.78 is 6.34. The predicted octanol–water partition coefficient (Wildman–Crippen LogP) is 5.71. The van der Waals surface area contributed by atoms with E-state index < -0.39 is 0 Å². The Bertz CT molecular complexity index is 600. The van der Waals surface area contributed by atoms with Crippen LogP contribution in [0.2, 0.25) is 0 Å². The van der Waals surface area contributed by atoms with Crippen molar-refractivity contribution in [2.45, 2.75) is 95.1 Å². The van der Waals surface area contributed by atoms with Gasteiger partial charge in [-0.25, -0.2) is 4.79 Å². The van der Waals surface area contributed by atoms with Crippen LogP contribution in [0.1, 0.15) is 83.5 Å². The summed E-state index contributed by atoms with van der Waals surface area (Å²) in [4.78, 5) is 15.5. The molecule has 0 heterocycles. The quantitative estimate of drug-likeness (QED) is 0.615. The van der Waals surface area contributed by atoms with Gasteiger partial charge in [-0.15, -0.1) is 0 Å². The molecule has 136 valence electrons. The van der Waals surface area contributed by atoms with E-state index in [1.54, 1.807) is 5.57 Å². The highest BCUT2D eigenvalue weighted by Crippen LogP contribution is 2.60. The van der Waals surface area contributed by atoms with E-state index in [0.29, 0.717) is 6.04 Å². The molecule has 25 heavy (non-hydrogen) atoms. The Labute approximate surface area is 151 Å². The number of nitrogens with zero attached hydrogens (tertiary/aromatic N) is 1. The summed E-state index contributed by atoms with van der Waals surface area (Å²) >= 11 is 0. The van der Waals surface area contributed by atoms with Crippen LogP contribution in [-0.2, 0) is 4.74 Å². The molecule has 4 bridgehead atoms. The molecule has 0 aromatic heterocycles. The minimum Gasteiger partial charge on any atom is -0.442 e. The fourth-order valence-electron chi connectivity index (χ4n) is 6.22. The van der Waals surface area contributed by atoms with Gasteiger partial charge in [0.15, 0.2) is 0 Å². The maximum absolute atomic E-state index is 13.4. The number of hydrogen-bond acceptors (Lipinski definition) is 2. The normalized spacial score (nSPS) is 37.0. The van der Waals surface area contributed by atoms with Gasteiger partial charge in [0, 0.05) is 18.2 Å². The first-order valence-corrected chi connectivity index (χ1v) is 10.7. The predicted molar refractivity (Wildman–Crippen MR) is 98.0 cm³/mol. The molecule has 7 aliphatic rings. The fraction of sp³-hybridized carbons (Fsp3) is 0.773. The van der Waals surface area contributed by atoms with Crippen LogP contribution < -0.4 is 0 Å². The highest BCUT2D eigenvalue weighted by molar-refractivity contribution is 5.71. The number of fused-ring (bicyclic) bond motifs is 1. The van der Waals surface area contributed by atoms with Crippen LogP contribution in [0.25, 0.3) is 0 Å². The molecule has 0 aromatic rings. The summed E-state index contributed by atoms with van der Waals surface area (Å²) in [6.07, 6.45) is 19.9. The zero-order chi connectivity index (χ0) is 16.9. The molecule has 0 radical (unpaired) electrons. The van der Waals surface area contributed by atoms with Crippen LogP contribution in [-0.4, -0.2) is 22.6 Å². The molecule has 0 aliphatic heterocycles. The Morgan fingerprint density at radius 1 is 1.04 bits per heavy atom. The lowest BCUT2D eigenvalue weighted by molar-refractivity contribution is -0.0852. The fourth-order valence-corrected chi connectivity index (χ4v) is 6.22. The number of amides is 1. The molecule has 3 heteroatoms. The molecule has 3 atom stereocenters. The first-order chi connectivity index (χ1) is 12.2. The maximum Gasteiger partial charge on any atom is 0.414 e. The van der Waals surface area contributed by atoms with Gasteiger partial charge in [-0.2, -0.15) is 0 Å². The molecule has 3 nitrogen and oxygen atoms in total. The van der Waals surface area contributed by atoms with Crippen LogP contribution in [0.4, 0.5) is 4.79 Å². The molecule has 4 fully saturated rings. The SMILES string of the molecule is O=C(OC12CC=C3C(C[C@H]3C1)C2)N(C1=CCCCC1)C1CCCCC1. The lowest BCUT2D eigenvalue weighted by atomic mass is 9.52. The summed E-state index contributed by atoms with van der Waals surface area (Å²) in [5, 5.41) is 0. The number of ether oxygens (including phenoxy) is 1. The Hall–Kier alpha value is -1.25. The van der Waals surface area contributed by atoms with Gasteiger partial charge in [0.25, 0.3) is 0 Å². The van der Waals surface area contributed by atoms with Gasteiger partial charge in [-0.3, -0.25) is 4.90 Å². The molecule has 7 rings (SSSR count). The third-order valence-electron chi connectivity index (χ3n) is 7.48. The molecule has 0 spiro atoms. The van der Waals surface area contributed by atoms with E-state index in [4.69, 9.17) is 4.74 Å². The Morgan fingerprint density at radius 3 is 2.52 bits per heavy atom. The van der Waals surface area contributed by atoms with E-state index in [1.807, 2.05) is 0 Å². The van der Waals surface area contributed by atoms with E-state index in [9.17, 15) is 4.79 Å². The van der Waals surface area contributed by atoms with Gasteiger partial charge in [0.1, 0.15) is 5.60 Å². The zero-order valence-electron chi connectivity index (χ0n) is 15.3. The van der Waals surface area contributed by atoms with Crippen LogP contribution in [0, 0.1) is 11.8 Å². The number of carbonyl (C=O) groups excluding carboxylic acids is 1. The van der Waals surface area contributed by atoms with Gasteiger partial charge in [0.05, 0.1) is 0 Å². The summed E-state index contributed by atoms with van der Waals surface area (Å²) in [7, 11) is 0. The van der Waals surface area contributed by atoms with Gasteiger partial charge >= 0.3 is 6.09 Å². The van der Waals surface area contributed by atoms with Gasteiger partial charge in [0.2, 0.25) is 0 Å². The maximum atomic E-state index is 13.4. The van der Waals surface area contributed by atoms with E-state index in [0.717, 1.165) is 56.8 Å². The first-order valence-electron chi connectivity index (χ1n) is 10.7. The summed E-state index contributed by atoms with van der Waals surface area (Å²) in [5.74, 6) is 1.44. The van der Waals surface area contributed by atoms with Crippen LogP contribution in [0.5, 0.6) is 0 Å². The van der Waals surface area contributed by atoms with Crippen molar-refractivity contribution >= 4 is 6.09 Å². The molecular formula is C22H31NO2. The average Bonchev–Trinajstić information content (AvgIpc) is 2.63. The molecule has 4 saturated carbocycles. The number of carbonyl (C=O) groups is 1. The van der Waals surface area contributed by atoms with Crippen molar-refractivity contribution in [1.29, 1.82) is 0 Å². The van der Waals surface area contributed by atoms with Crippen molar-refractivity contribution in [2.75, 3.05) is 0 Å². The summed E-state index contributed by atoms with van der Waals surface area (Å²) in [6.45, 7) is 0. The van der Waals surface area contributed by atoms with Gasteiger partial charge in [-0.05, 0) is 69.6 Å². The zero-order valence-corrected chi connectivity index (χ0v) is 15.3. The molecule has 7 aliphatic carbocycles. The topological polar surface area (TPSA) is 29.5 Å². The van der Waals surface area contributed by atoms with Gasteiger partial charge in [-0.1, -0.05) is 37.0 Å². The smallest absolute Gasteiger partial charge is 0.414 e. The van der Waals surface area contributed by atoms with Crippen LogP contribution in [0.15, 0.2) is 23.4 Å². The Kier molecular flexibility index (Phi) is 3.94. The van der Waals surface area contributed by atoms with Crippen molar-refractivity contribution in [1.82, 2.24) is 4.90 Å². The first kappa shape index (κ1) is 16.0. The van der Waals surface area contributed by atoms with Crippen molar-refractivity contribution in [3.63, 3.8) is 0 Å².